The van der Waals surface area contributed by atoms with Gasteiger partial charge >= 0.3 is 5.56 Å². The second-order valence-corrected chi connectivity index (χ2v) is 5.84. The third-order valence-corrected chi connectivity index (χ3v) is 4.55. The van der Waals surface area contributed by atoms with Crippen molar-refractivity contribution in [3.8, 4) is 5.75 Å². The Morgan fingerprint density at radius 2 is 2.06 bits per heavy atom. The molecule has 0 radical (unpaired) electrons. The molecule has 1 N–H and O–H groups in total. The summed E-state index contributed by atoms with van der Waals surface area (Å²) in [6.07, 6.45) is 1.93. The first-order chi connectivity index (χ1) is 7.65. The molecule has 1 atom stereocenters. The number of hydrogen-bond donors (Lipinski definition) is 1. The molecule has 0 saturated heterocycles. The maximum Gasteiger partial charge on any atom is 0.303 e. The molecule has 0 aliphatic rings. The highest BCUT2D eigenvalue weighted by Crippen LogP contribution is 2.25. The normalized spacial score (nSPS) is 12.9. The number of aromatic amines is 1. The topological polar surface area (TPSA) is 55.9 Å². The van der Waals surface area contributed by atoms with Crippen LogP contribution >= 0.6 is 0 Å². The molecule has 16 heavy (non-hydrogen) atoms. The average molecular weight is 235 g/mol. The summed E-state index contributed by atoms with van der Waals surface area (Å²) in [5.74, 6) is 0.698. The van der Waals surface area contributed by atoms with E-state index in [-0.39, 0.29) is 22.2 Å². The second kappa shape index (κ2) is 4.22. The van der Waals surface area contributed by atoms with Crippen molar-refractivity contribution in [3.63, 3.8) is 0 Å². The number of nitrogens with one attached hydrogen (secondary N) is 1. The molecule has 1 heterocycles. The fraction of sp³-hybridized carbons (Fsp3) is 0.250. The van der Waals surface area contributed by atoms with Gasteiger partial charge in [-0.2, -0.15) is 0 Å². The van der Waals surface area contributed by atoms with Gasteiger partial charge in [0.15, 0.2) is 0 Å². The summed E-state index contributed by atoms with van der Waals surface area (Å²) in [4.78, 5) is 15.0. The van der Waals surface area contributed by atoms with Crippen LogP contribution in [0, 0.1) is 0 Å². The minimum Gasteiger partial charge on any atom is -0.868 e. The summed E-state index contributed by atoms with van der Waals surface area (Å²) >= 11 is 0. The molecular weight excluding hydrogens is 222 g/mol. The predicted octanol–water partition coefficient (Wildman–Crippen LogP) is 1.23. The quantitative estimate of drug-likeness (QED) is 0.796. The maximum absolute atomic E-state index is 12.1. The van der Waals surface area contributed by atoms with E-state index in [1.807, 2.05) is 25.3 Å². The Kier molecular flexibility index (Phi) is 2.92. The largest absolute Gasteiger partial charge is 0.868 e. The van der Waals surface area contributed by atoms with Crippen molar-refractivity contribution in [2.45, 2.75) is 11.8 Å². The van der Waals surface area contributed by atoms with Gasteiger partial charge in [-0.25, -0.2) is 0 Å². The van der Waals surface area contributed by atoms with Crippen LogP contribution in [0.25, 0.3) is 10.9 Å². The van der Waals surface area contributed by atoms with Crippen molar-refractivity contribution in [2.24, 2.45) is 0 Å². The lowest BCUT2D eigenvalue weighted by Crippen LogP contribution is -2.21. The molecule has 1 unspecified atom stereocenters. The zero-order valence-corrected chi connectivity index (χ0v) is 10.1. The van der Waals surface area contributed by atoms with Crippen LogP contribution < -0.4 is 10.7 Å². The Hall–Kier alpha value is -1.42. The van der Waals surface area contributed by atoms with Crippen molar-refractivity contribution >= 4 is 21.8 Å². The Balaban J connectivity index is 2.81. The van der Waals surface area contributed by atoms with Gasteiger partial charge in [0.2, 0.25) is 4.90 Å². The minimum atomic E-state index is -0.276. The summed E-state index contributed by atoms with van der Waals surface area (Å²) in [5, 5.41) is 12.7. The van der Waals surface area contributed by atoms with Crippen molar-refractivity contribution < 1.29 is 5.11 Å². The number of pyridine rings is 1. The summed E-state index contributed by atoms with van der Waals surface area (Å²) in [5.41, 5.74) is 0.380. The van der Waals surface area contributed by atoms with E-state index in [0.29, 0.717) is 15.8 Å². The summed E-state index contributed by atoms with van der Waals surface area (Å²) in [6, 6.07) is 7.13. The number of fused-ring (bicyclic) bond motifs is 1. The van der Waals surface area contributed by atoms with Crippen LogP contribution in [-0.2, 0) is 10.9 Å². The molecule has 0 saturated carbocycles. The van der Waals surface area contributed by atoms with E-state index >= 15 is 0 Å². The van der Waals surface area contributed by atoms with Crippen LogP contribution in [-0.4, -0.2) is 17.0 Å². The van der Waals surface area contributed by atoms with Gasteiger partial charge < -0.3 is 10.1 Å². The van der Waals surface area contributed by atoms with Crippen LogP contribution in [0.2, 0.25) is 0 Å². The van der Waals surface area contributed by atoms with E-state index in [4.69, 9.17) is 0 Å². The van der Waals surface area contributed by atoms with Crippen molar-refractivity contribution in [1.82, 2.24) is 4.98 Å². The molecule has 0 aliphatic heterocycles. The predicted molar refractivity (Wildman–Crippen MR) is 66.1 cm³/mol. The van der Waals surface area contributed by atoms with E-state index in [2.05, 4.69) is 4.98 Å². The zero-order chi connectivity index (χ0) is 11.7. The van der Waals surface area contributed by atoms with Gasteiger partial charge in [0.1, 0.15) is 12.0 Å². The molecular formula is C12H13NO2S. The Labute approximate surface area is 96.5 Å². The van der Waals surface area contributed by atoms with Crippen molar-refractivity contribution in [3.05, 3.63) is 34.6 Å². The molecule has 0 spiro atoms. The molecule has 0 aliphatic carbocycles. The highest BCUT2D eigenvalue weighted by Gasteiger charge is 2.19. The first-order valence-corrected chi connectivity index (χ1v) is 6.90. The second-order valence-electron chi connectivity index (χ2n) is 3.58. The molecule has 0 bridgehead atoms. The molecule has 0 amide bonds. The molecule has 1 aromatic carbocycles. The number of aromatic nitrogens is 1. The number of para-hydroxylation sites is 1. The van der Waals surface area contributed by atoms with Gasteiger partial charge in [0, 0.05) is 16.4 Å². The Bertz CT molecular complexity index is 577. The van der Waals surface area contributed by atoms with E-state index in [1.165, 1.54) is 0 Å². The van der Waals surface area contributed by atoms with E-state index in [1.54, 1.807) is 12.1 Å². The number of H-pyrrole nitrogens is 1. The number of rotatable bonds is 2. The first-order valence-electron chi connectivity index (χ1n) is 5.09. The van der Waals surface area contributed by atoms with Crippen LogP contribution in [0.3, 0.4) is 0 Å². The fourth-order valence-corrected chi connectivity index (χ4v) is 2.74. The minimum absolute atomic E-state index is 0.118. The van der Waals surface area contributed by atoms with Gasteiger partial charge in [0.05, 0.1) is 0 Å². The van der Waals surface area contributed by atoms with Crippen molar-refractivity contribution in [2.75, 3.05) is 12.0 Å². The Morgan fingerprint density at radius 1 is 1.38 bits per heavy atom. The number of hydrogen-bond acceptors (Lipinski definition) is 2. The molecule has 3 nitrogen and oxygen atoms in total. The Morgan fingerprint density at radius 3 is 2.75 bits per heavy atom. The lowest BCUT2D eigenvalue weighted by Gasteiger charge is -2.13. The standard InChI is InChI=1S/C12H13NO2S/c1-3-16(2)11-10(14)8-6-4-5-7-9(8)13-12(11)15/h4-7H,3H2,1-2H3,(H-,13,14,15). The molecule has 4 heteroatoms. The fourth-order valence-electron chi connectivity index (χ4n) is 1.66. The van der Waals surface area contributed by atoms with Crippen LogP contribution in [0.1, 0.15) is 6.92 Å². The number of benzene rings is 1. The van der Waals surface area contributed by atoms with Crippen LogP contribution in [0.4, 0.5) is 0 Å². The average Bonchev–Trinajstić information content (AvgIpc) is 2.28. The third kappa shape index (κ3) is 1.69. The van der Waals surface area contributed by atoms with Crippen molar-refractivity contribution in [1.29, 1.82) is 0 Å². The van der Waals surface area contributed by atoms with Gasteiger partial charge in [-0.05, 0) is 24.1 Å². The molecule has 1 aromatic heterocycles. The monoisotopic (exact) mass is 235 g/mol. The molecule has 2 rings (SSSR count). The highest BCUT2D eigenvalue weighted by atomic mass is 32.2. The third-order valence-electron chi connectivity index (χ3n) is 2.61. The van der Waals surface area contributed by atoms with Gasteiger partial charge in [-0.15, -0.1) is 0 Å². The summed E-state index contributed by atoms with van der Waals surface area (Å²) < 4.78 is 0. The molecule has 2 aromatic rings. The lowest BCUT2D eigenvalue weighted by molar-refractivity contribution is -0.270. The smallest absolute Gasteiger partial charge is 0.303 e. The molecule has 0 fully saturated rings. The SMILES string of the molecule is CC[S+](C)c1c([O-])c2ccccc2[nH]c1=O. The maximum atomic E-state index is 12.1. The van der Waals surface area contributed by atoms with E-state index in [9.17, 15) is 9.90 Å². The van der Waals surface area contributed by atoms with Gasteiger partial charge in [-0.3, -0.25) is 4.79 Å². The zero-order valence-electron chi connectivity index (χ0n) is 9.24. The van der Waals surface area contributed by atoms with Gasteiger partial charge in [0.25, 0.3) is 0 Å². The summed E-state index contributed by atoms with van der Waals surface area (Å²) in [7, 11) is -0.276. The highest BCUT2D eigenvalue weighted by molar-refractivity contribution is 7.96. The van der Waals surface area contributed by atoms with E-state index < -0.39 is 0 Å². The summed E-state index contributed by atoms with van der Waals surface area (Å²) in [6.45, 7) is 1.98. The molecule has 84 valence electrons. The first kappa shape index (κ1) is 11.1. The lowest BCUT2D eigenvalue weighted by atomic mass is 10.2. The van der Waals surface area contributed by atoms with E-state index in [0.717, 1.165) is 5.75 Å². The van der Waals surface area contributed by atoms with Gasteiger partial charge in [-0.1, -0.05) is 18.2 Å². The van der Waals surface area contributed by atoms with Crippen LogP contribution in [0.15, 0.2) is 34.0 Å². The van der Waals surface area contributed by atoms with Crippen LogP contribution in [0.5, 0.6) is 5.75 Å².